The number of aromatic nitrogens is 1. The van der Waals surface area contributed by atoms with Gasteiger partial charge in [0.1, 0.15) is 0 Å². The average molecular weight is 326 g/mol. The molecule has 110 valence electrons. The van der Waals surface area contributed by atoms with Crippen LogP contribution in [0.25, 0.3) is 0 Å². The maximum Gasteiger partial charge on any atom is 0.319 e. The first-order valence-electron chi connectivity index (χ1n) is 6.14. The van der Waals surface area contributed by atoms with Gasteiger partial charge in [-0.15, -0.1) is 0 Å². The molecule has 0 aliphatic carbocycles. The monoisotopic (exact) mass is 325 g/mol. The van der Waals surface area contributed by atoms with E-state index in [-0.39, 0.29) is 6.54 Å². The number of carbonyl (C=O) groups is 1. The topological polar surface area (TPSA) is 74.2 Å². The van der Waals surface area contributed by atoms with Gasteiger partial charge in [0.25, 0.3) is 0 Å². The van der Waals surface area contributed by atoms with Gasteiger partial charge in [0, 0.05) is 40.2 Å². The minimum atomic E-state index is -0.919. The van der Waals surface area contributed by atoms with E-state index in [0.29, 0.717) is 21.3 Å². The van der Waals surface area contributed by atoms with Gasteiger partial charge in [-0.2, -0.15) is 0 Å². The summed E-state index contributed by atoms with van der Waals surface area (Å²) < 4.78 is 0. The van der Waals surface area contributed by atoms with Gasteiger partial charge < -0.3 is 15.7 Å². The molecule has 0 radical (unpaired) electrons. The van der Waals surface area contributed by atoms with Crippen LogP contribution in [0.1, 0.15) is 11.7 Å². The molecule has 21 heavy (non-hydrogen) atoms. The van der Waals surface area contributed by atoms with Gasteiger partial charge in [-0.25, -0.2) is 4.79 Å². The fourth-order valence-corrected chi connectivity index (χ4v) is 2.22. The highest BCUT2D eigenvalue weighted by Gasteiger charge is 2.13. The van der Waals surface area contributed by atoms with Crippen LogP contribution >= 0.6 is 23.2 Å². The molecule has 0 bridgehead atoms. The van der Waals surface area contributed by atoms with Crippen molar-refractivity contribution in [3.05, 3.63) is 58.3 Å². The second-order valence-electron chi connectivity index (χ2n) is 4.25. The third-order valence-electron chi connectivity index (χ3n) is 2.72. The molecule has 5 nitrogen and oxygen atoms in total. The largest absolute Gasteiger partial charge is 0.387 e. The van der Waals surface area contributed by atoms with E-state index in [1.54, 1.807) is 42.7 Å². The minimum absolute atomic E-state index is 0.0261. The van der Waals surface area contributed by atoms with E-state index >= 15 is 0 Å². The minimum Gasteiger partial charge on any atom is -0.387 e. The molecule has 0 fully saturated rings. The molecule has 0 spiro atoms. The van der Waals surface area contributed by atoms with E-state index in [0.717, 1.165) is 0 Å². The molecule has 2 amide bonds. The van der Waals surface area contributed by atoms with Crippen LogP contribution in [0.3, 0.4) is 0 Å². The Labute approximate surface area is 131 Å². The van der Waals surface area contributed by atoms with E-state index in [2.05, 4.69) is 15.6 Å². The van der Waals surface area contributed by atoms with Crippen LogP contribution in [0.5, 0.6) is 0 Å². The zero-order valence-electron chi connectivity index (χ0n) is 10.9. The molecular weight excluding hydrogens is 313 g/mol. The first-order chi connectivity index (χ1) is 10.1. The molecule has 3 N–H and O–H groups in total. The predicted octanol–water partition coefficient (Wildman–Crippen LogP) is 3.24. The van der Waals surface area contributed by atoms with Crippen molar-refractivity contribution in [1.82, 2.24) is 10.3 Å². The third kappa shape index (κ3) is 4.60. The number of amides is 2. The molecular formula is C14H13Cl2N3O2. The summed E-state index contributed by atoms with van der Waals surface area (Å²) in [6.07, 6.45) is 2.22. The van der Waals surface area contributed by atoms with E-state index in [1.807, 2.05) is 0 Å². The Balaban J connectivity index is 1.89. The first-order valence-corrected chi connectivity index (χ1v) is 6.90. The Kier molecular flexibility index (Phi) is 5.38. The van der Waals surface area contributed by atoms with Gasteiger partial charge in [-0.1, -0.05) is 29.3 Å². The summed E-state index contributed by atoms with van der Waals surface area (Å²) in [5.74, 6) is 0. The van der Waals surface area contributed by atoms with Gasteiger partial charge >= 0.3 is 6.03 Å². The molecule has 1 aromatic carbocycles. The van der Waals surface area contributed by atoms with Crippen molar-refractivity contribution in [2.45, 2.75) is 6.10 Å². The fraction of sp³-hybridized carbons (Fsp3) is 0.143. The Bertz CT molecular complexity index is 623. The Hall–Kier alpha value is -1.82. The number of hydrogen-bond donors (Lipinski definition) is 3. The Morgan fingerprint density at radius 1 is 1.24 bits per heavy atom. The van der Waals surface area contributed by atoms with Gasteiger partial charge in [-0.05, 0) is 24.3 Å². The quantitative estimate of drug-likeness (QED) is 0.807. The predicted molar refractivity (Wildman–Crippen MR) is 82.7 cm³/mol. The lowest BCUT2D eigenvalue weighted by Crippen LogP contribution is -2.32. The van der Waals surface area contributed by atoms with Crippen LogP contribution in [-0.2, 0) is 0 Å². The molecule has 0 saturated carbocycles. The number of aliphatic hydroxyl groups is 1. The van der Waals surface area contributed by atoms with Crippen molar-refractivity contribution in [3.63, 3.8) is 0 Å². The molecule has 0 unspecified atom stereocenters. The maximum absolute atomic E-state index is 11.7. The molecule has 7 heteroatoms. The van der Waals surface area contributed by atoms with E-state index in [4.69, 9.17) is 23.2 Å². The molecule has 2 rings (SSSR count). The smallest absolute Gasteiger partial charge is 0.319 e. The zero-order chi connectivity index (χ0) is 15.2. The number of nitrogens with zero attached hydrogens (tertiary/aromatic N) is 1. The van der Waals surface area contributed by atoms with Crippen LogP contribution in [0.2, 0.25) is 10.0 Å². The fourth-order valence-electron chi connectivity index (χ4n) is 1.68. The lowest BCUT2D eigenvalue weighted by molar-refractivity contribution is 0.175. The first kappa shape index (κ1) is 15.6. The molecule has 2 aromatic rings. The Morgan fingerprint density at radius 2 is 1.95 bits per heavy atom. The Morgan fingerprint density at radius 3 is 2.62 bits per heavy atom. The maximum atomic E-state index is 11.7. The lowest BCUT2D eigenvalue weighted by Gasteiger charge is -2.14. The van der Waals surface area contributed by atoms with Gasteiger partial charge in [-0.3, -0.25) is 4.98 Å². The van der Waals surface area contributed by atoms with Gasteiger partial charge in [0.15, 0.2) is 0 Å². The highest BCUT2D eigenvalue weighted by Crippen LogP contribution is 2.25. The average Bonchev–Trinajstić information content (AvgIpc) is 2.46. The van der Waals surface area contributed by atoms with E-state index in [9.17, 15) is 9.90 Å². The third-order valence-corrected chi connectivity index (χ3v) is 3.28. The van der Waals surface area contributed by atoms with Gasteiger partial charge in [0.2, 0.25) is 0 Å². The SMILES string of the molecule is O=C(NC[C@H](O)c1ccc(Cl)cc1Cl)Nc1ccncc1. The van der Waals surface area contributed by atoms with Gasteiger partial charge in [0.05, 0.1) is 6.10 Å². The van der Waals surface area contributed by atoms with Crippen molar-refractivity contribution >= 4 is 34.9 Å². The van der Waals surface area contributed by atoms with Crippen molar-refractivity contribution in [1.29, 1.82) is 0 Å². The van der Waals surface area contributed by atoms with E-state index < -0.39 is 12.1 Å². The summed E-state index contributed by atoms with van der Waals surface area (Å²) >= 11 is 11.8. The van der Waals surface area contributed by atoms with Crippen LogP contribution in [-0.4, -0.2) is 22.7 Å². The van der Waals surface area contributed by atoms with E-state index in [1.165, 1.54) is 0 Å². The summed E-state index contributed by atoms with van der Waals surface area (Å²) in [4.78, 5) is 15.5. The molecule has 0 aliphatic heterocycles. The van der Waals surface area contributed by atoms with Crippen molar-refractivity contribution in [3.8, 4) is 0 Å². The summed E-state index contributed by atoms with van der Waals surface area (Å²) in [5, 5.41) is 16.0. The van der Waals surface area contributed by atoms with Crippen molar-refractivity contribution in [2.24, 2.45) is 0 Å². The number of anilines is 1. The zero-order valence-corrected chi connectivity index (χ0v) is 12.4. The molecule has 1 heterocycles. The normalized spacial score (nSPS) is 11.8. The summed E-state index contributed by atoms with van der Waals surface area (Å²) in [6, 6.07) is 7.68. The summed E-state index contributed by atoms with van der Waals surface area (Å²) in [5.41, 5.74) is 1.12. The second-order valence-corrected chi connectivity index (χ2v) is 5.10. The van der Waals surface area contributed by atoms with Crippen LogP contribution < -0.4 is 10.6 Å². The molecule has 1 atom stereocenters. The highest BCUT2D eigenvalue weighted by atomic mass is 35.5. The van der Waals surface area contributed by atoms with Crippen LogP contribution in [0, 0.1) is 0 Å². The second kappa shape index (κ2) is 7.26. The number of halogens is 2. The van der Waals surface area contributed by atoms with Crippen LogP contribution in [0.4, 0.5) is 10.5 Å². The number of urea groups is 1. The highest BCUT2D eigenvalue weighted by molar-refractivity contribution is 6.35. The number of rotatable bonds is 4. The molecule has 1 aromatic heterocycles. The summed E-state index contributed by atoms with van der Waals surface area (Å²) in [6.45, 7) is 0.0261. The summed E-state index contributed by atoms with van der Waals surface area (Å²) in [7, 11) is 0. The van der Waals surface area contributed by atoms with Crippen molar-refractivity contribution < 1.29 is 9.90 Å². The lowest BCUT2D eigenvalue weighted by atomic mass is 10.1. The van der Waals surface area contributed by atoms with Crippen LogP contribution in [0.15, 0.2) is 42.7 Å². The number of hydrogen-bond acceptors (Lipinski definition) is 3. The number of pyridine rings is 1. The standard InChI is InChI=1S/C14H13Cl2N3O2/c15-9-1-2-11(12(16)7-9)13(20)8-18-14(21)19-10-3-5-17-6-4-10/h1-7,13,20H,8H2,(H2,17,18,19,21)/t13-/m0/s1. The molecule has 0 aliphatic rings. The number of benzene rings is 1. The number of nitrogens with one attached hydrogen (secondary N) is 2. The number of aliphatic hydroxyl groups excluding tert-OH is 1. The van der Waals surface area contributed by atoms with Crippen molar-refractivity contribution in [2.75, 3.05) is 11.9 Å². The molecule has 0 saturated heterocycles. The number of carbonyl (C=O) groups excluding carboxylic acids is 1.